The van der Waals surface area contributed by atoms with Gasteiger partial charge >= 0.3 is 0 Å². The van der Waals surface area contributed by atoms with Crippen LogP contribution in [0.15, 0.2) is 24.3 Å². The second-order valence-electron chi connectivity index (χ2n) is 6.34. The SMILES string of the molecule is CCNC1CCC(CC)CC1n1c(C)nc2ccccc21. The highest BCUT2D eigenvalue weighted by Gasteiger charge is 2.32. The molecule has 1 aliphatic rings. The summed E-state index contributed by atoms with van der Waals surface area (Å²) in [7, 11) is 0. The summed E-state index contributed by atoms with van der Waals surface area (Å²) in [6.45, 7) is 7.73. The Morgan fingerprint density at radius 3 is 2.81 bits per heavy atom. The maximum atomic E-state index is 4.77. The van der Waals surface area contributed by atoms with Crippen LogP contribution in [0.5, 0.6) is 0 Å². The molecular formula is C18H27N3. The van der Waals surface area contributed by atoms with Crippen LogP contribution in [-0.4, -0.2) is 22.1 Å². The molecule has 3 rings (SSSR count). The van der Waals surface area contributed by atoms with Crippen molar-refractivity contribution in [2.24, 2.45) is 5.92 Å². The van der Waals surface area contributed by atoms with Gasteiger partial charge in [-0.1, -0.05) is 32.4 Å². The number of hydrogen-bond acceptors (Lipinski definition) is 2. The first-order chi connectivity index (χ1) is 10.2. The molecule has 3 heteroatoms. The number of fused-ring (bicyclic) bond motifs is 1. The van der Waals surface area contributed by atoms with E-state index in [0.717, 1.165) is 23.8 Å². The van der Waals surface area contributed by atoms with E-state index in [0.29, 0.717) is 12.1 Å². The monoisotopic (exact) mass is 285 g/mol. The Morgan fingerprint density at radius 2 is 2.05 bits per heavy atom. The second-order valence-corrected chi connectivity index (χ2v) is 6.34. The van der Waals surface area contributed by atoms with Gasteiger partial charge < -0.3 is 9.88 Å². The first kappa shape index (κ1) is 14.6. The zero-order chi connectivity index (χ0) is 14.8. The third-order valence-corrected chi connectivity index (χ3v) is 5.07. The zero-order valence-corrected chi connectivity index (χ0v) is 13.5. The van der Waals surface area contributed by atoms with E-state index in [-0.39, 0.29) is 0 Å². The summed E-state index contributed by atoms with van der Waals surface area (Å²) in [4.78, 5) is 4.77. The van der Waals surface area contributed by atoms with Crippen molar-refractivity contribution in [3.05, 3.63) is 30.1 Å². The van der Waals surface area contributed by atoms with Gasteiger partial charge in [0.05, 0.1) is 17.1 Å². The predicted octanol–water partition coefficient (Wildman–Crippen LogP) is 4.07. The summed E-state index contributed by atoms with van der Waals surface area (Å²) in [6.07, 6.45) is 5.20. The van der Waals surface area contributed by atoms with Gasteiger partial charge in [-0.05, 0) is 50.8 Å². The molecule has 0 saturated heterocycles. The van der Waals surface area contributed by atoms with Crippen molar-refractivity contribution in [3.63, 3.8) is 0 Å². The van der Waals surface area contributed by atoms with E-state index < -0.39 is 0 Å². The van der Waals surface area contributed by atoms with E-state index in [2.05, 4.69) is 54.9 Å². The van der Waals surface area contributed by atoms with Crippen molar-refractivity contribution in [2.45, 2.75) is 58.5 Å². The number of nitrogens with zero attached hydrogens (tertiary/aromatic N) is 2. The molecule has 21 heavy (non-hydrogen) atoms. The lowest BCUT2D eigenvalue weighted by atomic mass is 9.80. The maximum absolute atomic E-state index is 4.77. The van der Waals surface area contributed by atoms with E-state index >= 15 is 0 Å². The van der Waals surface area contributed by atoms with E-state index in [1.54, 1.807) is 0 Å². The summed E-state index contributed by atoms with van der Waals surface area (Å²) < 4.78 is 2.49. The van der Waals surface area contributed by atoms with Crippen LogP contribution in [0, 0.1) is 12.8 Å². The van der Waals surface area contributed by atoms with Gasteiger partial charge in [0.25, 0.3) is 0 Å². The van der Waals surface area contributed by atoms with Crippen molar-refractivity contribution in [1.82, 2.24) is 14.9 Å². The van der Waals surface area contributed by atoms with Crippen LogP contribution in [0.2, 0.25) is 0 Å². The van der Waals surface area contributed by atoms with E-state index in [1.807, 2.05) is 0 Å². The Labute approximate surface area is 127 Å². The van der Waals surface area contributed by atoms with Crippen LogP contribution in [0.25, 0.3) is 11.0 Å². The molecular weight excluding hydrogens is 258 g/mol. The van der Waals surface area contributed by atoms with Crippen LogP contribution in [0.4, 0.5) is 0 Å². The first-order valence-electron chi connectivity index (χ1n) is 8.41. The van der Waals surface area contributed by atoms with Gasteiger partial charge in [0.2, 0.25) is 0 Å². The Kier molecular flexibility index (Phi) is 4.29. The van der Waals surface area contributed by atoms with Crippen LogP contribution < -0.4 is 5.32 Å². The number of aromatic nitrogens is 2. The van der Waals surface area contributed by atoms with Gasteiger partial charge in [0.15, 0.2) is 0 Å². The highest BCUT2D eigenvalue weighted by molar-refractivity contribution is 5.76. The van der Waals surface area contributed by atoms with Crippen LogP contribution in [-0.2, 0) is 0 Å². The average Bonchev–Trinajstić information content (AvgIpc) is 2.84. The van der Waals surface area contributed by atoms with Gasteiger partial charge in [-0.2, -0.15) is 0 Å². The van der Waals surface area contributed by atoms with Crippen molar-refractivity contribution < 1.29 is 0 Å². The van der Waals surface area contributed by atoms with Crippen LogP contribution in [0.3, 0.4) is 0 Å². The summed E-state index contributed by atoms with van der Waals surface area (Å²) in [5, 5.41) is 3.71. The molecule has 0 amide bonds. The molecule has 1 saturated carbocycles. The number of aryl methyl sites for hydroxylation is 1. The number of para-hydroxylation sites is 2. The smallest absolute Gasteiger partial charge is 0.107 e. The van der Waals surface area contributed by atoms with Crippen molar-refractivity contribution in [2.75, 3.05) is 6.54 Å². The van der Waals surface area contributed by atoms with Crippen LogP contribution >= 0.6 is 0 Å². The molecule has 1 aromatic carbocycles. The lowest BCUT2D eigenvalue weighted by Crippen LogP contribution is -2.42. The topological polar surface area (TPSA) is 29.9 Å². The minimum atomic E-state index is 0.538. The number of likely N-dealkylation sites (N-methyl/N-ethyl adjacent to an activating group) is 1. The van der Waals surface area contributed by atoms with E-state index in [1.165, 1.54) is 31.2 Å². The van der Waals surface area contributed by atoms with Gasteiger partial charge in [-0.25, -0.2) is 4.98 Å². The number of imidazole rings is 1. The van der Waals surface area contributed by atoms with E-state index in [9.17, 15) is 0 Å². The molecule has 1 fully saturated rings. The average molecular weight is 285 g/mol. The Hall–Kier alpha value is -1.35. The largest absolute Gasteiger partial charge is 0.324 e. The minimum Gasteiger partial charge on any atom is -0.324 e. The first-order valence-corrected chi connectivity index (χ1v) is 8.41. The third-order valence-electron chi connectivity index (χ3n) is 5.07. The number of rotatable bonds is 4. The zero-order valence-electron chi connectivity index (χ0n) is 13.5. The molecule has 3 nitrogen and oxygen atoms in total. The van der Waals surface area contributed by atoms with Crippen molar-refractivity contribution in [3.8, 4) is 0 Å². The Morgan fingerprint density at radius 1 is 1.24 bits per heavy atom. The Balaban J connectivity index is 2.02. The molecule has 0 radical (unpaired) electrons. The second kappa shape index (κ2) is 6.18. The number of hydrogen-bond donors (Lipinski definition) is 1. The van der Waals surface area contributed by atoms with E-state index in [4.69, 9.17) is 4.98 Å². The minimum absolute atomic E-state index is 0.538. The van der Waals surface area contributed by atoms with Gasteiger partial charge in [0.1, 0.15) is 5.82 Å². The number of nitrogens with one attached hydrogen (secondary N) is 1. The van der Waals surface area contributed by atoms with Gasteiger partial charge in [-0.3, -0.25) is 0 Å². The molecule has 1 aromatic heterocycles. The molecule has 3 atom stereocenters. The summed E-state index contributed by atoms with van der Waals surface area (Å²) in [6, 6.07) is 9.67. The quantitative estimate of drug-likeness (QED) is 0.917. The molecule has 1 N–H and O–H groups in total. The van der Waals surface area contributed by atoms with Gasteiger partial charge in [-0.15, -0.1) is 0 Å². The fourth-order valence-electron chi connectivity index (χ4n) is 3.97. The fourth-order valence-corrected chi connectivity index (χ4v) is 3.97. The normalized spacial score (nSPS) is 26.3. The molecule has 1 aliphatic carbocycles. The molecule has 0 aliphatic heterocycles. The molecule has 2 aromatic rings. The van der Waals surface area contributed by atoms with Crippen LogP contribution in [0.1, 0.15) is 51.4 Å². The molecule has 0 spiro atoms. The highest BCUT2D eigenvalue weighted by Crippen LogP contribution is 2.37. The molecule has 3 unspecified atom stereocenters. The lowest BCUT2D eigenvalue weighted by Gasteiger charge is -2.38. The molecule has 114 valence electrons. The summed E-state index contributed by atoms with van der Waals surface area (Å²) in [5.41, 5.74) is 2.42. The van der Waals surface area contributed by atoms with Gasteiger partial charge in [0, 0.05) is 6.04 Å². The predicted molar refractivity (Wildman–Crippen MR) is 88.6 cm³/mol. The third kappa shape index (κ3) is 2.71. The molecule has 0 bridgehead atoms. The number of benzene rings is 1. The Bertz CT molecular complexity index is 602. The maximum Gasteiger partial charge on any atom is 0.107 e. The molecule has 1 heterocycles. The highest BCUT2D eigenvalue weighted by atomic mass is 15.1. The summed E-state index contributed by atoms with van der Waals surface area (Å²) >= 11 is 0. The standard InChI is InChI=1S/C18H27N3/c1-4-14-10-11-15(19-5-2)18(12-14)21-13(3)20-16-8-6-7-9-17(16)21/h6-9,14-15,18-19H,4-5,10-12H2,1-3H3. The summed E-state index contributed by atoms with van der Waals surface area (Å²) in [5.74, 6) is 2.01. The van der Waals surface area contributed by atoms with Crippen molar-refractivity contribution in [1.29, 1.82) is 0 Å². The van der Waals surface area contributed by atoms with Crippen molar-refractivity contribution >= 4 is 11.0 Å². The lowest BCUT2D eigenvalue weighted by molar-refractivity contribution is 0.205. The fraction of sp³-hybridized carbons (Fsp3) is 0.611.